The van der Waals surface area contributed by atoms with Gasteiger partial charge in [0.15, 0.2) is 0 Å². The highest BCUT2D eigenvalue weighted by Gasteiger charge is 2.27. The fourth-order valence-electron chi connectivity index (χ4n) is 2.84. The minimum Gasteiger partial charge on any atom is -0.495 e. The first-order valence-electron chi connectivity index (χ1n) is 9.73. The van der Waals surface area contributed by atoms with Crippen LogP contribution in [0.3, 0.4) is 0 Å². The molecule has 0 aliphatic carbocycles. The highest BCUT2D eigenvalue weighted by molar-refractivity contribution is 7.99. The van der Waals surface area contributed by atoms with Crippen molar-refractivity contribution in [3.05, 3.63) is 24.0 Å². The number of anilines is 1. The lowest BCUT2D eigenvalue weighted by Gasteiger charge is -2.26. The van der Waals surface area contributed by atoms with Gasteiger partial charge in [-0.2, -0.15) is 4.31 Å². The fraction of sp³-hybridized carbons (Fsp3) is 0.526. The molecule has 1 aromatic heterocycles. The number of thioether (sulfide) groups is 1. The summed E-state index contributed by atoms with van der Waals surface area (Å²) in [4.78, 5) is 17.0. The lowest BCUT2D eigenvalue weighted by atomic mass is 9.96. The predicted molar refractivity (Wildman–Crippen MR) is 117 cm³/mol. The number of nitrogens with zero attached hydrogens (tertiary/aromatic N) is 3. The summed E-state index contributed by atoms with van der Waals surface area (Å²) < 4.78 is 37.7. The van der Waals surface area contributed by atoms with Gasteiger partial charge in [0.2, 0.25) is 21.1 Å². The first-order valence-corrected chi connectivity index (χ1v) is 12.2. The molecule has 31 heavy (non-hydrogen) atoms. The van der Waals surface area contributed by atoms with Gasteiger partial charge in [-0.1, -0.05) is 32.5 Å². The molecule has 10 nitrogen and oxygen atoms in total. The number of amides is 1. The molecule has 0 bridgehead atoms. The van der Waals surface area contributed by atoms with E-state index in [9.17, 15) is 13.2 Å². The Labute approximate surface area is 186 Å². The number of carbonyl (C=O) groups excluding carboxylic acids is 1. The summed E-state index contributed by atoms with van der Waals surface area (Å²) in [6.45, 7) is 7.33. The number of hydrogen-bond donors (Lipinski definition) is 2. The van der Waals surface area contributed by atoms with Gasteiger partial charge in [0.25, 0.3) is 0 Å². The molecule has 3 rings (SSSR count). The summed E-state index contributed by atoms with van der Waals surface area (Å²) in [7, 11) is -2.24. The van der Waals surface area contributed by atoms with Crippen LogP contribution in [0.15, 0.2) is 28.3 Å². The van der Waals surface area contributed by atoms with E-state index in [4.69, 9.17) is 9.47 Å². The molecule has 0 radical (unpaired) electrons. The molecule has 1 fully saturated rings. The smallest absolute Gasteiger partial charge is 0.243 e. The van der Waals surface area contributed by atoms with Gasteiger partial charge < -0.3 is 14.8 Å². The van der Waals surface area contributed by atoms with Crippen molar-refractivity contribution >= 4 is 33.4 Å². The molecule has 1 amide bonds. The van der Waals surface area contributed by atoms with Crippen molar-refractivity contribution in [2.45, 2.75) is 36.2 Å². The van der Waals surface area contributed by atoms with E-state index in [1.54, 1.807) is 0 Å². The number of ether oxygens (including phenoxy) is 2. The summed E-state index contributed by atoms with van der Waals surface area (Å²) in [6.07, 6.45) is 0. The zero-order valence-corrected chi connectivity index (χ0v) is 19.6. The molecule has 2 N–H and O–H groups in total. The Morgan fingerprint density at radius 2 is 2.03 bits per heavy atom. The van der Waals surface area contributed by atoms with E-state index in [2.05, 4.69) is 20.5 Å². The van der Waals surface area contributed by atoms with Crippen molar-refractivity contribution in [3.8, 4) is 5.75 Å². The fourth-order valence-corrected chi connectivity index (χ4v) is 4.88. The molecule has 12 heteroatoms. The normalized spacial score (nSPS) is 15.6. The van der Waals surface area contributed by atoms with E-state index in [0.717, 1.165) is 5.82 Å². The average Bonchev–Trinajstić information content (AvgIpc) is 3.22. The van der Waals surface area contributed by atoms with Crippen molar-refractivity contribution in [3.63, 3.8) is 0 Å². The number of nitrogens with one attached hydrogen (secondary N) is 2. The number of rotatable bonds is 7. The highest BCUT2D eigenvalue weighted by Crippen LogP contribution is 2.29. The second-order valence-corrected chi connectivity index (χ2v) is 10.8. The number of sulfonamides is 1. The predicted octanol–water partition coefficient (Wildman–Crippen LogP) is 1.86. The van der Waals surface area contributed by atoms with Gasteiger partial charge in [-0.15, -0.1) is 5.10 Å². The van der Waals surface area contributed by atoms with E-state index >= 15 is 0 Å². The molecular weight excluding hydrogens is 442 g/mol. The van der Waals surface area contributed by atoms with Crippen LogP contribution in [0.2, 0.25) is 0 Å². The first-order chi connectivity index (χ1) is 14.6. The number of methoxy groups -OCH3 is 1. The molecule has 1 saturated heterocycles. The molecular formula is C19H27N5O5S2. The van der Waals surface area contributed by atoms with E-state index in [0.29, 0.717) is 37.2 Å². The summed E-state index contributed by atoms with van der Waals surface area (Å²) in [5.41, 5.74) is 0.112. The molecule has 2 aromatic rings. The molecule has 0 atom stereocenters. The van der Waals surface area contributed by atoms with Crippen molar-refractivity contribution in [2.75, 3.05) is 44.5 Å². The van der Waals surface area contributed by atoms with E-state index in [1.165, 1.54) is 41.4 Å². The maximum Gasteiger partial charge on any atom is 0.243 e. The number of hydrogen-bond acceptors (Lipinski definition) is 8. The largest absolute Gasteiger partial charge is 0.495 e. The molecule has 1 aromatic carbocycles. The standard InChI is InChI=1S/C19H27N5O5S2/c1-19(2,3)17-21-18(23-22-17)30-12-16(25)20-14-11-13(5-6-15(14)28-4)31(26,27)24-7-9-29-10-8-24/h5-6,11H,7-10,12H2,1-4H3,(H,20,25)(H,21,22,23). The summed E-state index contributed by atoms with van der Waals surface area (Å²) in [6, 6.07) is 4.41. The molecule has 0 unspecified atom stereocenters. The topological polar surface area (TPSA) is 127 Å². The maximum absolute atomic E-state index is 12.9. The number of benzene rings is 1. The quantitative estimate of drug-likeness (QED) is 0.589. The molecule has 1 aliphatic rings. The summed E-state index contributed by atoms with van der Waals surface area (Å²) in [5, 5.41) is 10.2. The lowest BCUT2D eigenvalue weighted by molar-refractivity contribution is -0.113. The minimum absolute atomic E-state index is 0.0605. The van der Waals surface area contributed by atoms with Crippen LogP contribution in [0.4, 0.5) is 5.69 Å². The van der Waals surface area contributed by atoms with Crippen molar-refractivity contribution in [2.24, 2.45) is 0 Å². The zero-order chi connectivity index (χ0) is 22.6. The Morgan fingerprint density at radius 1 is 1.32 bits per heavy atom. The van der Waals surface area contributed by atoms with Gasteiger partial charge in [0.05, 0.1) is 36.7 Å². The van der Waals surface area contributed by atoms with Crippen LogP contribution in [0.25, 0.3) is 0 Å². The first kappa shape index (κ1) is 23.5. The molecule has 2 heterocycles. The number of aromatic amines is 1. The number of H-pyrrole nitrogens is 1. The Kier molecular flexibility index (Phi) is 7.24. The van der Waals surface area contributed by atoms with Gasteiger partial charge in [-0.25, -0.2) is 13.4 Å². The SMILES string of the molecule is COc1ccc(S(=O)(=O)N2CCOCC2)cc1NC(=O)CSc1n[nH]c(C(C)(C)C)n1. The number of carbonyl (C=O) groups is 1. The molecule has 170 valence electrons. The van der Waals surface area contributed by atoms with E-state index in [1.807, 2.05) is 20.8 Å². The zero-order valence-electron chi connectivity index (χ0n) is 18.0. The Morgan fingerprint density at radius 3 is 2.65 bits per heavy atom. The van der Waals surface area contributed by atoms with Crippen LogP contribution in [-0.2, 0) is 25.0 Å². The molecule has 0 saturated carbocycles. The second kappa shape index (κ2) is 9.55. The Hall–Kier alpha value is -2.15. The van der Waals surface area contributed by atoms with E-state index < -0.39 is 10.0 Å². The average molecular weight is 470 g/mol. The third-order valence-corrected chi connectivity index (χ3v) is 7.30. The van der Waals surface area contributed by atoms with Crippen LogP contribution < -0.4 is 10.1 Å². The second-order valence-electron chi connectivity index (χ2n) is 7.93. The van der Waals surface area contributed by atoms with Crippen LogP contribution in [-0.4, -0.2) is 73.0 Å². The van der Waals surface area contributed by atoms with Crippen LogP contribution in [0.1, 0.15) is 26.6 Å². The van der Waals surface area contributed by atoms with E-state index in [-0.39, 0.29) is 27.7 Å². The summed E-state index contributed by atoms with van der Waals surface area (Å²) >= 11 is 1.18. The van der Waals surface area contributed by atoms with Gasteiger partial charge in [-0.05, 0) is 18.2 Å². The molecule has 1 aliphatic heterocycles. The number of morpholine rings is 1. The third kappa shape index (κ3) is 5.76. The number of aromatic nitrogens is 3. The summed E-state index contributed by atoms with van der Waals surface area (Å²) in [5.74, 6) is 0.835. The van der Waals surface area contributed by atoms with Crippen LogP contribution in [0.5, 0.6) is 5.75 Å². The van der Waals surface area contributed by atoms with Gasteiger partial charge in [0.1, 0.15) is 11.6 Å². The van der Waals surface area contributed by atoms with Crippen molar-refractivity contribution in [1.82, 2.24) is 19.5 Å². The minimum atomic E-state index is -3.69. The van der Waals surface area contributed by atoms with Crippen molar-refractivity contribution in [1.29, 1.82) is 0 Å². The van der Waals surface area contributed by atoms with Gasteiger partial charge >= 0.3 is 0 Å². The van der Waals surface area contributed by atoms with Crippen molar-refractivity contribution < 1.29 is 22.7 Å². The van der Waals surface area contributed by atoms with Crippen LogP contribution in [0, 0.1) is 0 Å². The lowest BCUT2D eigenvalue weighted by Crippen LogP contribution is -2.40. The Balaban J connectivity index is 1.70. The monoisotopic (exact) mass is 469 g/mol. The van der Waals surface area contributed by atoms with Gasteiger partial charge in [-0.3, -0.25) is 9.89 Å². The molecule has 0 spiro atoms. The maximum atomic E-state index is 12.9. The Bertz CT molecular complexity index is 1030. The van der Waals surface area contributed by atoms with Gasteiger partial charge in [0, 0.05) is 18.5 Å². The third-order valence-electron chi connectivity index (χ3n) is 4.56. The highest BCUT2D eigenvalue weighted by atomic mass is 32.2. The van der Waals surface area contributed by atoms with Crippen LogP contribution >= 0.6 is 11.8 Å².